The zero-order chi connectivity index (χ0) is 89.2. The first kappa shape index (κ1) is 88.3. The molecular weight excluding hydrogens is 1600 g/mol. The zero-order valence-electron chi connectivity index (χ0n) is 69.2. The number of cyclic esters (lactones) is 1. The monoisotopic (exact) mass is 1700 g/mol. The van der Waals surface area contributed by atoms with E-state index in [4.69, 9.17) is 53.3 Å². The number of phenolic OH excluding ortho intramolecular Hbond substituents is 2. The quantitative estimate of drug-likeness (QED) is 0.0283. The first-order valence-corrected chi connectivity index (χ1v) is 40.3. The van der Waals surface area contributed by atoms with Gasteiger partial charge in [-0.3, -0.25) is 28.8 Å². The average Bonchev–Trinajstić information content (AvgIpc) is 0.937. The lowest BCUT2D eigenvalue weighted by Crippen LogP contribution is -2.81. The van der Waals surface area contributed by atoms with Gasteiger partial charge in [-0.15, -0.1) is 0 Å². The minimum atomic E-state index is -2.35. The summed E-state index contributed by atoms with van der Waals surface area (Å²) in [5.41, 5.74) is -3.95. The fourth-order valence-electron chi connectivity index (χ4n) is 19.2. The number of ketones is 4. The molecule has 5 aliphatic carbocycles. The van der Waals surface area contributed by atoms with Crippen LogP contribution in [-0.4, -0.2) is 218 Å². The minimum absolute atomic E-state index is 0.0173. The molecular formula is C90H98N4O29. The largest absolute Gasteiger partial charge is 0.507 e. The molecule has 652 valence electrons. The summed E-state index contributed by atoms with van der Waals surface area (Å²) in [6.07, 6.45) is -16.5. The summed E-state index contributed by atoms with van der Waals surface area (Å²) >= 11 is 0. The van der Waals surface area contributed by atoms with Crippen LogP contribution in [0.4, 0.5) is 4.79 Å². The first-order valence-electron chi connectivity index (χ1n) is 40.3. The molecule has 16 rings (SSSR count). The number of aromatic hydroxyl groups is 2. The number of carbonyl (C=O) groups excluding carboxylic acids is 9. The molecule has 0 spiro atoms. The fourth-order valence-corrected chi connectivity index (χ4v) is 19.2. The minimum Gasteiger partial charge on any atom is -0.507 e. The number of hydrogen-bond donors (Lipinski definition) is 12. The van der Waals surface area contributed by atoms with Crippen LogP contribution in [-0.2, 0) is 87.0 Å². The number of benzene rings is 5. The SMILES string of the molecule is CC(=O)O[C@@]12CO[C@@H]1C[C@H](O)[C@@]1(C)C(=O)[C@H](O)C3=C(C)[C@@H](OC(=O)C(O)[C@@H](NC(=O)OC(C)(C)C)c4ccccc4)C[C@@](O)([C@@H](OC(=O)c4ccccc4)[C@H]21)C3(C)C.CC[C@@]1(O)C(=O)OCc2c1cc1n(c2=O)Cc2cc3ccccc3nc2-1.COc1cccc2c1C(=O)c1c(O)c3c(c(O)c1C2=O)C[C@@](O)(C(=O)CO)C[C@@H]3O[C@H]1C[C@H](N)[C@H](O)[C@H](C)O1. The number of aliphatic hydroxyl groups excluding tert-OH is 5. The molecule has 33 heteroatoms. The molecule has 1 amide bonds. The van der Waals surface area contributed by atoms with Gasteiger partial charge in [0.25, 0.3) is 5.56 Å². The predicted molar refractivity (Wildman–Crippen MR) is 430 cm³/mol. The highest BCUT2D eigenvalue weighted by molar-refractivity contribution is 6.31. The van der Waals surface area contributed by atoms with Gasteiger partial charge in [0.05, 0.1) is 107 Å². The summed E-state index contributed by atoms with van der Waals surface area (Å²) in [6, 6.07) is 29.8. The number of hydrogen-bond acceptors (Lipinski definition) is 31. The van der Waals surface area contributed by atoms with Crippen LogP contribution in [0.3, 0.4) is 0 Å². The van der Waals surface area contributed by atoms with Gasteiger partial charge in [-0.2, -0.15) is 0 Å². The van der Waals surface area contributed by atoms with Crippen molar-refractivity contribution >= 4 is 64.0 Å². The van der Waals surface area contributed by atoms with Gasteiger partial charge in [0.15, 0.2) is 40.9 Å². The highest BCUT2D eigenvalue weighted by atomic mass is 16.7. The van der Waals surface area contributed by atoms with Crippen LogP contribution in [0, 0.1) is 16.7 Å². The van der Waals surface area contributed by atoms with E-state index in [1.807, 2.05) is 30.3 Å². The molecule has 7 aromatic rings. The van der Waals surface area contributed by atoms with Gasteiger partial charge in [0, 0.05) is 83.7 Å². The Morgan fingerprint density at radius 2 is 1.47 bits per heavy atom. The molecule has 123 heavy (non-hydrogen) atoms. The summed E-state index contributed by atoms with van der Waals surface area (Å²) in [5.74, 6) is -9.85. The molecule has 18 atom stereocenters. The van der Waals surface area contributed by atoms with Gasteiger partial charge in [0.1, 0.15) is 71.7 Å². The molecule has 33 nitrogen and oxygen atoms in total. The summed E-state index contributed by atoms with van der Waals surface area (Å²) in [7, 11) is 1.32. The molecule has 1 unspecified atom stereocenters. The number of amides is 1. The summed E-state index contributed by atoms with van der Waals surface area (Å²) < 4.78 is 53.2. The number of esters is 4. The second-order valence-electron chi connectivity index (χ2n) is 34.5. The third-order valence-electron chi connectivity index (χ3n) is 25.8. The summed E-state index contributed by atoms with van der Waals surface area (Å²) in [5, 5.41) is 117. The molecule has 9 aliphatic rings. The first-order chi connectivity index (χ1) is 57.9. The van der Waals surface area contributed by atoms with E-state index in [2.05, 4.69) is 5.32 Å². The number of pyridine rings is 2. The fraction of sp³-hybridized carbons (Fsp3) is 0.456. The van der Waals surface area contributed by atoms with Gasteiger partial charge in [-0.25, -0.2) is 24.2 Å². The second kappa shape index (κ2) is 32.6. The highest BCUT2D eigenvalue weighted by Crippen LogP contribution is 2.65. The number of methoxy groups -OCH3 is 1. The Morgan fingerprint density at radius 1 is 0.805 bits per heavy atom. The number of phenols is 2. The van der Waals surface area contributed by atoms with Crippen molar-refractivity contribution in [2.45, 2.75) is 222 Å². The van der Waals surface area contributed by atoms with Crippen LogP contribution in [0.5, 0.6) is 17.2 Å². The zero-order valence-corrected chi connectivity index (χ0v) is 69.2. The third kappa shape index (κ3) is 14.8. The molecule has 2 saturated heterocycles. The van der Waals surface area contributed by atoms with Crippen LogP contribution in [0.15, 0.2) is 131 Å². The van der Waals surface area contributed by atoms with Crippen molar-refractivity contribution in [3.8, 4) is 28.6 Å². The number of nitrogens with zero attached hydrogens (tertiary/aromatic N) is 2. The number of rotatable bonds is 14. The van der Waals surface area contributed by atoms with Gasteiger partial charge >= 0.3 is 30.0 Å². The van der Waals surface area contributed by atoms with Crippen molar-refractivity contribution < 1.29 is 137 Å². The number of aliphatic hydroxyl groups is 8. The highest BCUT2D eigenvalue weighted by Gasteiger charge is 2.78. The lowest BCUT2D eigenvalue weighted by atomic mass is 9.44. The molecule has 2 aromatic heterocycles. The van der Waals surface area contributed by atoms with Crippen molar-refractivity contribution in [1.29, 1.82) is 0 Å². The number of nitrogens with two attached hydrogens (primary N) is 1. The number of aromatic nitrogens is 2. The molecule has 0 radical (unpaired) electrons. The molecule has 6 heterocycles. The molecule has 2 bridgehead atoms. The number of carbonyl (C=O) groups is 9. The van der Waals surface area contributed by atoms with E-state index >= 15 is 0 Å². The van der Waals surface area contributed by atoms with Crippen LogP contribution >= 0.6 is 0 Å². The Kier molecular flexibility index (Phi) is 23.4. The average molecular weight is 1700 g/mol. The molecule has 4 fully saturated rings. The maximum atomic E-state index is 14.9. The van der Waals surface area contributed by atoms with Gasteiger partial charge in [-0.1, -0.05) is 99.6 Å². The molecule has 5 aromatic carbocycles. The number of ether oxygens (including phenoxy) is 9. The van der Waals surface area contributed by atoms with Crippen molar-refractivity contribution in [2.24, 2.45) is 22.5 Å². The van der Waals surface area contributed by atoms with E-state index in [0.717, 1.165) is 29.1 Å². The van der Waals surface area contributed by atoms with Gasteiger partial charge in [0.2, 0.25) is 5.78 Å². The van der Waals surface area contributed by atoms with E-state index in [1.165, 1.54) is 51.3 Å². The normalized spacial score (nSPS) is 29.7. The number of Topliss-reactive ketones (excluding diaryl/α,β-unsaturated/α-hetero) is 2. The van der Waals surface area contributed by atoms with Crippen LogP contribution in [0.2, 0.25) is 0 Å². The van der Waals surface area contributed by atoms with Crippen molar-refractivity contribution in [1.82, 2.24) is 14.9 Å². The molecule has 13 N–H and O–H groups in total. The Morgan fingerprint density at radius 3 is 2.11 bits per heavy atom. The van der Waals surface area contributed by atoms with Crippen LogP contribution in [0.1, 0.15) is 189 Å². The standard InChI is InChI=1S/C43H53NO14.C27H29NO11.C20H16N2O4/c1-22-26(55-37(51)32(48)30(24-15-11-9-12-16-24)44-38(52)58-39(3,4)5)20-43(53)35(56-36(50)25-17-13-10-14-18-25)33-41(8,34(49)31(47)29(22)40(43,6)7)27(46)19-28-42(33,21-54-28)57-23(2)45;1-10-22(31)13(28)6-17(38-10)39-15-8-27(36,16(30)9-29)7-12-19(15)26(35)21-20(24(12)33)23(32)11-4-3-5-14(37-2)18(11)25(21)34;1-2-20(25)14-8-16-17-12(7-11-5-3-4-6-15(11)21-17)9-22(16)18(23)13(14)10-26-19(20)24/h9-18,26-28,30-33,35,46-48,53H,19-21H2,1-8H3,(H,44,52);3-5,10,13,15,17,22,29,31,33,35-36H,6-9,28H2,1-2H3;3-8,25H,2,9-10H2,1H3/t26-,27-,28+,30-,31+,32?,33-,35-,41+,42-,43+;10-,13-,15-,17-,22+,27-;20-/m000/s1. The van der Waals surface area contributed by atoms with E-state index in [1.54, 1.807) is 108 Å². The number of alkyl carbamates (subject to hydrolysis) is 1. The Hall–Kier alpha value is -11.1. The smallest absolute Gasteiger partial charge is 0.408 e. The predicted octanol–water partition coefficient (Wildman–Crippen LogP) is 5.34. The topological polar surface area (TPSA) is 512 Å². The van der Waals surface area contributed by atoms with Crippen LogP contribution in [0.25, 0.3) is 22.3 Å². The van der Waals surface area contributed by atoms with Gasteiger partial charge < -0.3 is 109 Å². The third-order valence-corrected chi connectivity index (χ3v) is 25.8. The Balaban J connectivity index is 0.000000162. The summed E-state index contributed by atoms with van der Waals surface area (Å²) in [6.45, 7) is 14.4. The van der Waals surface area contributed by atoms with Crippen LogP contribution < -0.4 is 21.3 Å². The Labute approximate surface area is 704 Å². The van der Waals surface area contributed by atoms with E-state index in [-0.39, 0.29) is 82.7 Å². The lowest BCUT2D eigenvalue weighted by Gasteiger charge is -2.67. The van der Waals surface area contributed by atoms with Gasteiger partial charge in [-0.05, 0) is 101 Å². The Bertz CT molecular complexity index is 5580. The maximum Gasteiger partial charge on any atom is 0.408 e. The van der Waals surface area contributed by atoms with E-state index < -0.39 is 220 Å². The molecule has 4 aliphatic heterocycles. The van der Waals surface area contributed by atoms with Crippen molar-refractivity contribution in [2.75, 3.05) is 20.3 Å². The number of para-hydroxylation sites is 1. The van der Waals surface area contributed by atoms with E-state index in [9.17, 15) is 99.0 Å². The molecule has 2 saturated carbocycles. The van der Waals surface area contributed by atoms with Crippen molar-refractivity contribution in [3.63, 3.8) is 0 Å². The van der Waals surface area contributed by atoms with E-state index in [0.29, 0.717) is 28.9 Å². The van der Waals surface area contributed by atoms with Crippen molar-refractivity contribution in [3.05, 3.63) is 198 Å². The maximum absolute atomic E-state index is 14.9. The lowest BCUT2D eigenvalue weighted by molar-refractivity contribution is -0.346. The number of nitrogens with one attached hydrogen (secondary N) is 1. The number of fused-ring (bicyclic) bond motifs is 13. The second-order valence-corrected chi connectivity index (χ2v) is 34.5. The summed E-state index contributed by atoms with van der Waals surface area (Å²) in [4.78, 5) is 139.